The van der Waals surface area contributed by atoms with Gasteiger partial charge >= 0.3 is 10.6 Å². The summed E-state index contributed by atoms with van der Waals surface area (Å²) >= 11 is -0.157. The van der Waals surface area contributed by atoms with Crippen molar-refractivity contribution in [3.8, 4) is 0 Å². The van der Waals surface area contributed by atoms with Gasteiger partial charge in [-0.15, -0.1) is 0 Å². The van der Waals surface area contributed by atoms with Crippen molar-refractivity contribution in [2.75, 3.05) is 0 Å². The fraction of sp³-hybridized carbons (Fsp3) is 0.696. The van der Waals surface area contributed by atoms with Crippen molar-refractivity contribution in [2.24, 2.45) is 34.5 Å². The molecule has 4 N–H and O–H groups in total. The summed E-state index contributed by atoms with van der Waals surface area (Å²) < 4.78 is 15.1. The standard InChI is InChI=1S/C21H29FO3.C2H2O4S/c1-10-5-13-12-6-15(22)14-7-16(23)11(2)8-20(14,3)18(12)17(24)9-21(13,4)19(10)25;3-1(4)7-2(5)6/h7-8,10,12-13,15,17-19,24-25H,5-6,9H2,1-4H3;(H,3,4)(H,5,6)/t10-,12+,13+,15+,17+,18-,19-,20+,21+;/m1./s1. The van der Waals surface area contributed by atoms with E-state index in [0.29, 0.717) is 24.0 Å². The van der Waals surface area contributed by atoms with Crippen LogP contribution in [0.5, 0.6) is 0 Å². The monoisotopic (exact) mass is 470 g/mol. The molecule has 0 spiro atoms. The predicted molar refractivity (Wildman–Crippen MR) is 117 cm³/mol. The van der Waals surface area contributed by atoms with E-state index in [1.54, 1.807) is 6.92 Å². The van der Waals surface area contributed by atoms with Gasteiger partial charge in [-0.25, -0.2) is 14.0 Å². The van der Waals surface area contributed by atoms with Gasteiger partial charge in [0.15, 0.2) is 5.78 Å². The van der Waals surface area contributed by atoms with Crippen LogP contribution in [0.1, 0.15) is 47.0 Å². The molecular weight excluding hydrogens is 439 g/mol. The summed E-state index contributed by atoms with van der Waals surface area (Å²) in [6.07, 6.45) is 2.97. The Morgan fingerprint density at radius 2 is 1.75 bits per heavy atom. The largest absolute Gasteiger partial charge is 0.473 e. The Bertz CT molecular complexity index is 874. The zero-order chi connectivity index (χ0) is 24.2. The minimum absolute atomic E-state index is 0.0303. The van der Waals surface area contributed by atoms with Crippen LogP contribution in [-0.2, 0) is 4.79 Å². The molecule has 4 rings (SSSR count). The number of carbonyl (C=O) groups excluding carboxylic acids is 1. The molecule has 4 aliphatic rings. The third-order valence-electron chi connectivity index (χ3n) is 8.23. The van der Waals surface area contributed by atoms with Crippen LogP contribution in [0, 0.1) is 34.5 Å². The molecule has 32 heavy (non-hydrogen) atoms. The van der Waals surface area contributed by atoms with Crippen LogP contribution >= 0.6 is 11.8 Å². The SMILES string of the molecule is CC1=C[C@@]2(C)C(=CC1=O)[C@@H](F)C[C@@H]1[C@@H]2[C@@H](O)C[C@]2(C)[C@H](O)[C@H](C)C[C@@H]12.O=C(O)SC(=O)O. The number of aliphatic hydroxyl groups excluding tert-OH is 2. The number of carboxylic acid groups (broad SMARTS) is 2. The second kappa shape index (κ2) is 8.57. The van der Waals surface area contributed by atoms with Gasteiger partial charge in [0.2, 0.25) is 0 Å². The molecule has 0 aromatic rings. The number of halogens is 1. The van der Waals surface area contributed by atoms with Gasteiger partial charge in [-0.1, -0.05) is 26.8 Å². The van der Waals surface area contributed by atoms with Crippen molar-refractivity contribution < 1.29 is 39.2 Å². The minimum Gasteiger partial charge on any atom is -0.473 e. The highest BCUT2D eigenvalue weighted by atomic mass is 32.2. The first-order valence-electron chi connectivity index (χ1n) is 10.8. The Balaban J connectivity index is 0.000000360. The Morgan fingerprint density at radius 1 is 1.16 bits per heavy atom. The lowest BCUT2D eigenvalue weighted by molar-refractivity contribution is -0.138. The van der Waals surface area contributed by atoms with E-state index in [-0.39, 0.29) is 46.6 Å². The number of alkyl halides is 1. The first-order chi connectivity index (χ1) is 14.7. The van der Waals surface area contributed by atoms with Crippen LogP contribution in [-0.4, -0.2) is 55.2 Å². The second-order valence-electron chi connectivity index (χ2n) is 10.1. The Morgan fingerprint density at radius 3 is 2.28 bits per heavy atom. The van der Waals surface area contributed by atoms with Crippen molar-refractivity contribution in [1.29, 1.82) is 0 Å². The molecule has 0 aliphatic heterocycles. The normalized spacial score (nSPS) is 44.7. The van der Waals surface area contributed by atoms with Crippen molar-refractivity contribution in [2.45, 2.75) is 65.3 Å². The number of fused-ring (bicyclic) bond motifs is 5. The van der Waals surface area contributed by atoms with Gasteiger partial charge in [-0.2, -0.15) is 0 Å². The molecule has 0 radical (unpaired) electrons. The third kappa shape index (κ3) is 4.03. The van der Waals surface area contributed by atoms with Crippen LogP contribution in [0.4, 0.5) is 14.0 Å². The fourth-order valence-corrected chi connectivity index (χ4v) is 7.19. The molecule has 9 atom stereocenters. The molecule has 3 fully saturated rings. The fourth-order valence-electron chi connectivity index (χ4n) is 7.04. The molecule has 0 aromatic carbocycles. The first-order valence-corrected chi connectivity index (χ1v) is 11.6. The molecule has 4 aliphatic carbocycles. The molecule has 3 saturated carbocycles. The molecule has 0 unspecified atom stereocenters. The van der Waals surface area contributed by atoms with Gasteiger partial charge in [0.25, 0.3) is 0 Å². The Hall–Kier alpha value is -1.71. The van der Waals surface area contributed by atoms with Gasteiger partial charge < -0.3 is 20.4 Å². The number of rotatable bonds is 0. The summed E-state index contributed by atoms with van der Waals surface area (Å²) in [6.45, 7) is 7.89. The smallest absolute Gasteiger partial charge is 0.376 e. The molecule has 178 valence electrons. The van der Waals surface area contributed by atoms with Crippen molar-refractivity contribution in [3.05, 3.63) is 23.3 Å². The molecule has 0 heterocycles. The lowest BCUT2D eigenvalue weighted by Crippen LogP contribution is -2.58. The first kappa shape index (κ1) is 24.9. The number of thioether (sulfide) groups is 1. The van der Waals surface area contributed by atoms with E-state index in [9.17, 15) is 24.6 Å². The zero-order valence-corrected chi connectivity index (χ0v) is 19.4. The molecular formula is C23H31FO7S. The van der Waals surface area contributed by atoms with E-state index < -0.39 is 34.4 Å². The van der Waals surface area contributed by atoms with E-state index in [1.165, 1.54) is 6.08 Å². The Kier molecular flexibility index (Phi) is 6.68. The van der Waals surface area contributed by atoms with Crippen molar-refractivity contribution in [1.82, 2.24) is 0 Å². The van der Waals surface area contributed by atoms with Gasteiger partial charge in [0.1, 0.15) is 6.17 Å². The third-order valence-corrected chi connectivity index (χ3v) is 8.58. The highest BCUT2D eigenvalue weighted by molar-refractivity contribution is 8.25. The van der Waals surface area contributed by atoms with Crippen LogP contribution in [0.15, 0.2) is 23.3 Å². The summed E-state index contributed by atoms with van der Waals surface area (Å²) in [5.74, 6) is 0.212. The molecule has 0 saturated heterocycles. The number of ketones is 1. The van der Waals surface area contributed by atoms with Crippen molar-refractivity contribution >= 4 is 28.1 Å². The zero-order valence-electron chi connectivity index (χ0n) is 18.6. The Labute approximate surface area is 190 Å². The number of hydrogen-bond donors (Lipinski definition) is 4. The summed E-state index contributed by atoms with van der Waals surface area (Å²) in [4.78, 5) is 30.9. The lowest BCUT2D eigenvalue weighted by atomic mass is 9.47. The predicted octanol–water partition coefficient (Wildman–Crippen LogP) is 4.29. The molecule has 0 amide bonds. The number of carbonyl (C=O) groups is 3. The molecule has 9 heteroatoms. The molecule has 0 bridgehead atoms. The van der Waals surface area contributed by atoms with Crippen LogP contribution in [0.3, 0.4) is 0 Å². The average molecular weight is 471 g/mol. The highest BCUT2D eigenvalue weighted by Crippen LogP contribution is 2.65. The van der Waals surface area contributed by atoms with Gasteiger partial charge in [0.05, 0.1) is 24.0 Å². The minimum atomic E-state index is -1.40. The maximum absolute atomic E-state index is 15.1. The lowest BCUT2D eigenvalue weighted by Gasteiger charge is -2.59. The summed E-state index contributed by atoms with van der Waals surface area (Å²) in [7, 11) is 0. The van der Waals surface area contributed by atoms with Crippen LogP contribution in [0.2, 0.25) is 0 Å². The summed E-state index contributed by atoms with van der Waals surface area (Å²) in [6, 6.07) is 0. The van der Waals surface area contributed by atoms with E-state index >= 15 is 4.39 Å². The number of aliphatic hydroxyl groups is 2. The topological polar surface area (TPSA) is 132 Å². The maximum atomic E-state index is 15.1. The van der Waals surface area contributed by atoms with E-state index in [4.69, 9.17) is 10.2 Å². The summed E-state index contributed by atoms with van der Waals surface area (Å²) in [5.41, 5.74) is 0.219. The highest BCUT2D eigenvalue weighted by Gasteiger charge is 2.64. The molecule has 7 nitrogen and oxygen atoms in total. The van der Waals surface area contributed by atoms with Crippen molar-refractivity contribution in [3.63, 3.8) is 0 Å². The van der Waals surface area contributed by atoms with Crippen LogP contribution < -0.4 is 0 Å². The second-order valence-corrected chi connectivity index (χ2v) is 11.0. The number of allylic oxidation sites excluding steroid dienone is 4. The van der Waals surface area contributed by atoms with E-state index in [0.717, 1.165) is 6.42 Å². The van der Waals surface area contributed by atoms with E-state index in [1.807, 2.05) is 13.0 Å². The number of hydrogen-bond acceptors (Lipinski definition) is 6. The maximum Gasteiger partial charge on any atom is 0.376 e. The molecule has 0 aromatic heterocycles. The van der Waals surface area contributed by atoms with Gasteiger partial charge in [-0.3, -0.25) is 4.79 Å². The van der Waals surface area contributed by atoms with Crippen LogP contribution in [0.25, 0.3) is 0 Å². The van der Waals surface area contributed by atoms with E-state index in [2.05, 4.69) is 13.8 Å². The quantitative estimate of drug-likeness (QED) is 0.412. The van der Waals surface area contributed by atoms with Gasteiger partial charge in [0, 0.05) is 11.3 Å². The van der Waals surface area contributed by atoms with Gasteiger partial charge in [-0.05, 0) is 66.6 Å². The average Bonchev–Trinajstić information content (AvgIpc) is 2.87. The summed E-state index contributed by atoms with van der Waals surface area (Å²) in [5, 5.41) is 34.4.